The van der Waals surface area contributed by atoms with Crippen molar-refractivity contribution >= 4 is 37.3 Å². The Hall–Kier alpha value is -1.53. The summed E-state index contributed by atoms with van der Waals surface area (Å²) in [6.07, 6.45) is 0. The third kappa shape index (κ3) is 3.08. The van der Waals surface area contributed by atoms with Gasteiger partial charge in [-0.15, -0.1) is 0 Å². The van der Waals surface area contributed by atoms with E-state index in [-0.39, 0.29) is 4.90 Å². The second kappa shape index (κ2) is 5.22. The van der Waals surface area contributed by atoms with Crippen molar-refractivity contribution in [3.63, 3.8) is 0 Å². The topological polar surface area (TPSA) is 72.2 Å². The highest BCUT2D eigenvalue weighted by Gasteiger charge is 2.17. The van der Waals surface area contributed by atoms with Crippen LogP contribution in [0.1, 0.15) is 5.56 Å². The van der Waals surface area contributed by atoms with Crippen LogP contribution in [0.15, 0.2) is 51.8 Å². The van der Waals surface area contributed by atoms with Gasteiger partial charge in [0.25, 0.3) is 10.0 Å². The largest absolute Gasteiger partial charge is 0.399 e. The first kappa shape index (κ1) is 13.9. The van der Waals surface area contributed by atoms with Crippen LogP contribution >= 0.6 is 15.9 Å². The summed E-state index contributed by atoms with van der Waals surface area (Å²) in [7, 11) is -3.60. The molecule has 0 unspecified atom stereocenters. The van der Waals surface area contributed by atoms with Gasteiger partial charge in [-0.1, -0.05) is 18.2 Å². The van der Waals surface area contributed by atoms with E-state index in [0.29, 0.717) is 21.4 Å². The van der Waals surface area contributed by atoms with Crippen LogP contribution in [0.3, 0.4) is 0 Å². The first-order valence-electron chi connectivity index (χ1n) is 5.53. The summed E-state index contributed by atoms with van der Waals surface area (Å²) in [5.41, 5.74) is 7.33. The van der Waals surface area contributed by atoms with Crippen molar-refractivity contribution in [2.75, 3.05) is 10.5 Å². The van der Waals surface area contributed by atoms with Crippen LogP contribution in [0.5, 0.6) is 0 Å². The van der Waals surface area contributed by atoms with Crippen LogP contribution in [0.25, 0.3) is 0 Å². The van der Waals surface area contributed by atoms with E-state index in [9.17, 15) is 8.42 Å². The second-order valence-electron chi connectivity index (χ2n) is 4.11. The number of hydrogen-bond donors (Lipinski definition) is 2. The van der Waals surface area contributed by atoms with Crippen LogP contribution in [0, 0.1) is 6.92 Å². The van der Waals surface area contributed by atoms with E-state index in [2.05, 4.69) is 20.7 Å². The summed E-state index contributed by atoms with van der Waals surface area (Å²) in [5.74, 6) is 0. The first-order chi connectivity index (χ1) is 8.90. The standard InChI is InChI=1S/C13H13BrN2O2S/c1-9-4-2-3-5-13(9)19(17,18)16-12-7-6-10(15)8-11(12)14/h2-8,16H,15H2,1H3. The molecule has 0 aliphatic rings. The number of hydrogen-bond acceptors (Lipinski definition) is 3. The zero-order chi connectivity index (χ0) is 14.0. The van der Waals surface area contributed by atoms with Crippen molar-refractivity contribution in [1.29, 1.82) is 0 Å². The molecule has 0 amide bonds. The minimum atomic E-state index is -3.60. The molecule has 0 saturated carbocycles. The van der Waals surface area contributed by atoms with E-state index in [1.165, 1.54) is 0 Å². The van der Waals surface area contributed by atoms with Crippen molar-refractivity contribution in [3.05, 3.63) is 52.5 Å². The number of anilines is 2. The molecule has 19 heavy (non-hydrogen) atoms. The number of benzene rings is 2. The molecule has 2 aromatic carbocycles. The molecule has 0 fully saturated rings. The predicted octanol–water partition coefficient (Wildman–Crippen LogP) is 3.14. The van der Waals surface area contributed by atoms with Crippen LogP contribution in [0.4, 0.5) is 11.4 Å². The normalized spacial score (nSPS) is 11.3. The first-order valence-corrected chi connectivity index (χ1v) is 7.81. The van der Waals surface area contributed by atoms with E-state index in [1.807, 2.05) is 0 Å². The quantitative estimate of drug-likeness (QED) is 0.843. The van der Waals surface area contributed by atoms with Gasteiger partial charge in [-0.25, -0.2) is 8.42 Å². The van der Waals surface area contributed by atoms with E-state index in [1.54, 1.807) is 49.4 Å². The Morgan fingerprint density at radius 1 is 1.16 bits per heavy atom. The smallest absolute Gasteiger partial charge is 0.262 e. The highest BCUT2D eigenvalue weighted by Crippen LogP contribution is 2.27. The Balaban J connectivity index is 2.40. The van der Waals surface area contributed by atoms with Gasteiger partial charge in [0.05, 0.1) is 10.6 Å². The average molecular weight is 341 g/mol. The maximum Gasteiger partial charge on any atom is 0.262 e. The minimum Gasteiger partial charge on any atom is -0.399 e. The molecule has 0 radical (unpaired) electrons. The maximum atomic E-state index is 12.3. The van der Waals surface area contributed by atoms with Crippen LogP contribution in [-0.2, 0) is 10.0 Å². The Labute approximate surface area is 120 Å². The molecule has 0 atom stereocenters. The number of sulfonamides is 1. The van der Waals surface area contributed by atoms with E-state index < -0.39 is 10.0 Å². The molecule has 0 aliphatic heterocycles. The summed E-state index contributed by atoms with van der Waals surface area (Å²) >= 11 is 3.28. The Morgan fingerprint density at radius 2 is 1.84 bits per heavy atom. The molecule has 2 rings (SSSR count). The van der Waals surface area contributed by atoms with Crippen LogP contribution in [0.2, 0.25) is 0 Å². The number of nitrogens with one attached hydrogen (secondary N) is 1. The molecule has 0 heterocycles. The number of aryl methyl sites for hydroxylation is 1. The molecule has 0 aromatic heterocycles. The fraction of sp³-hybridized carbons (Fsp3) is 0.0769. The molecule has 0 aliphatic carbocycles. The Morgan fingerprint density at radius 3 is 2.47 bits per heavy atom. The lowest BCUT2D eigenvalue weighted by Crippen LogP contribution is -2.14. The molecule has 6 heteroatoms. The summed E-state index contributed by atoms with van der Waals surface area (Å²) in [6.45, 7) is 1.76. The Kier molecular flexibility index (Phi) is 3.82. The zero-order valence-electron chi connectivity index (χ0n) is 10.2. The summed E-state index contributed by atoms with van der Waals surface area (Å²) in [4.78, 5) is 0.263. The summed E-state index contributed by atoms with van der Waals surface area (Å²) < 4.78 is 27.7. The third-order valence-electron chi connectivity index (χ3n) is 2.62. The highest BCUT2D eigenvalue weighted by molar-refractivity contribution is 9.10. The van der Waals surface area contributed by atoms with Crippen molar-refractivity contribution in [1.82, 2.24) is 0 Å². The van der Waals surface area contributed by atoms with Crippen molar-refractivity contribution < 1.29 is 8.42 Å². The molecule has 0 saturated heterocycles. The SMILES string of the molecule is Cc1ccccc1S(=O)(=O)Nc1ccc(N)cc1Br. The molecule has 2 aromatic rings. The van der Waals surface area contributed by atoms with Gasteiger partial charge in [-0.3, -0.25) is 4.72 Å². The minimum absolute atomic E-state index is 0.263. The van der Waals surface area contributed by atoms with Gasteiger partial charge in [-0.2, -0.15) is 0 Å². The van der Waals surface area contributed by atoms with Crippen molar-refractivity contribution in [3.8, 4) is 0 Å². The van der Waals surface area contributed by atoms with Gasteiger partial charge in [-0.05, 0) is 52.7 Å². The number of nitrogens with two attached hydrogens (primary N) is 1. The number of rotatable bonds is 3. The second-order valence-corrected chi connectivity index (χ2v) is 6.62. The lowest BCUT2D eigenvalue weighted by Gasteiger charge is -2.11. The number of nitrogen functional groups attached to an aromatic ring is 1. The zero-order valence-corrected chi connectivity index (χ0v) is 12.6. The molecule has 0 bridgehead atoms. The molecule has 0 spiro atoms. The van der Waals surface area contributed by atoms with Gasteiger partial charge in [0, 0.05) is 10.2 Å². The fourth-order valence-corrected chi connectivity index (χ4v) is 3.63. The van der Waals surface area contributed by atoms with Gasteiger partial charge in [0.2, 0.25) is 0 Å². The molecular weight excluding hydrogens is 328 g/mol. The summed E-state index contributed by atoms with van der Waals surface area (Å²) in [5, 5.41) is 0. The molecule has 4 nitrogen and oxygen atoms in total. The summed E-state index contributed by atoms with van der Waals surface area (Å²) in [6, 6.07) is 11.7. The van der Waals surface area contributed by atoms with Crippen LogP contribution < -0.4 is 10.5 Å². The molecule has 3 N–H and O–H groups in total. The Bertz CT molecular complexity index is 714. The van der Waals surface area contributed by atoms with Crippen molar-refractivity contribution in [2.45, 2.75) is 11.8 Å². The van der Waals surface area contributed by atoms with E-state index in [4.69, 9.17) is 5.73 Å². The fourth-order valence-electron chi connectivity index (χ4n) is 1.67. The average Bonchev–Trinajstić information content (AvgIpc) is 2.33. The van der Waals surface area contributed by atoms with Gasteiger partial charge >= 0.3 is 0 Å². The highest BCUT2D eigenvalue weighted by atomic mass is 79.9. The lowest BCUT2D eigenvalue weighted by molar-refractivity contribution is 0.600. The maximum absolute atomic E-state index is 12.3. The predicted molar refractivity (Wildman–Crippen MR) is 80.5 cm³/mol. The van der Waals surface area contributed by atoms with E-state index in [0.717, 1.165) is 0 Å². The number of halogens is 1. The lowest BCUT2D eigenvalue weighted by atomic mass is 10.2. The van der Waals surface area contributed by atoms with E-state index >= 15 is 0 Å². The van der Waals surface area contributed by atoms with Gasteiger partial charge < -0.3 is 5.73 Å². The third-order valence-corrected chi connectivity index (χ3v) is 4.80. The van der Waals surface area contributed by atoms with Crippen molar-refractivity contribution in [2.24, 2.45) is 0 Å². The molecular formula is C13H13BrN2O2S. The van der Waals surface area contributed by atoms with Gasteiger partial charge in [0.1, 0.15) is 0 Å². The molecule has 100 valence electrons. The monoisotopic (exact) mass is 340 g/mol. The van der Waals surface area contributed by atoms with Crippen LogP contribution in [-0.4, -0.2) is 8.42 Å². The van der Waals surface area contributed by atoms with Gasteiger partial charge in [0.15, 0.2) is 0 Å².